The number of anilines is 3. The minimum Gasteiger partial charge on any atom is -0.308 e. The fourth-order valence-corrected chi connectivity index (χ4v) is 4.50. The lowest BCUT2D eigenvalue weighted by Crippen LogP contribution is -2.27. The second-order valence-corrected chi connectivity index (χ2v) is 8.05. The van der Waals surface area contributed by atoms with Crippen molar-refractivity contribution in [3.05, 3.63) is 89.7 Å². The van der Waals surface area contributed by atoms with Crippen molar-refractivity contribution in [3.63, 3.8) is 0 Å². The van der Waals surface area contributed by atoms with Gasteiger partial charge in [-0.05, 0) is 66.6 Å². The third-order valence-electron chi connectivity index (χ3n) is 4.68. The molecule has 0 saturated carbocycles. The summed E-state index contributed by atoms with van der Waals surface area (Å²) in [6, 6.07) is 20.5. The summed E-state index contributed by atoms with van der Waals surface area (Å²) in [4.78, 5) is 26.5. The first kappa shape index (κ1) is 20.0. The Morgan fingerprint density at radius 2 is 1.67 bits per heavy atom. The smallest absolute Gasteiger partial charge is 0.308 e. The van der Waals surface area contributed by atoms with Gasteiger partial charge >= 0.3 is 6.03 Å². The fraction of sp³-hybridized carbons (Fsp3) is 0.130. The molecule has 30 heavy (non-hydrogen) atoms. The van der Waals surface area contributed by atoms with Crippen LogP contribution in [0.3, 0.4) is 0 Å². The number of benzene rings is 3. The zero-order chi connectivity index (χ0) is 21.1. The lowest BCUT2D eigenvalue weighted by molar-refractivity contribution is -0.115. The first-order valence-corrected chi connectivity index (χ1v) is 10.5. The van der Waals surface area contributed by atoms with Crippen LogP contribution in [0.5, 0.6) is 0 Å². The summed E-state index contributed by atoms with van der Waals surface area (Å²) in [5.74, 6) is -0.0411. The van der Waals surface area contributed by atoms with Crippen LogP contribution in [0.25, 0.3) is 0 Å². The summed E-state index contributed by atoms with van der Waals surface area (Å²) >= 11 is 1.50. The molecule has 0 aliphatic carbocycles. The van der Waals surface area contributed by atoms with Crippen LogP contribution < -0.4 is 15.5 Å². The van der Waals surface area contributed by atoms with Crippen LogP contribution in [-0.4, -0.2) is 17.7 Å². The van der Waals surface area contributed by atoms with Gasteiger partial charge in [0.05, 0.1) is 5.75 Å². The minimum atomic E-state index is -0.347. The van der Waals surface area contributed by atoms with Gasteiger partial charge in [-0.3, -0.25) is 9.69 Å². The van der Waals surface area contributed by atoms with E-state index in [0.717, 1.165) is 11.1 Å². The Hall–Kier alpha value is -3.32. The van der Waals surface area contributed by atoms with Crippen LogP contribution in [0.4, 0.5) is 26.2 Å². The molecule has 3 aromatic carbocycles. The molecule has 1 aliphatic heterocycles. The molecular formula is C23H20FN3O2S. The van der Waals surface area contributed by atoms with Crippen molar-refractivity contribution < 1.29 is 14.0 Å². The predicted molar refractivity (Wildman–Crippen MR) is 119 cm³/mol. The molecule has 3 aromatic rings. The van der Waals surface area contributed by atoms with Crippen LogP contribution in [0, 0.1) is 12.7 Å². The van der Waals surface area contributed by atoms with Gasteiger partial charge in [-0.2, -0.15) is 0 Å². The van der Waals surface area contributed by atoms with Gasteiger partial charge in [0.25, 0.3) is 0 Å². The van der Waals surface area contributed by atoms with Crippen molar-refractivity contribution in [3.8, 4) is 0 Å². The van der Waals surface area contributed by atoms with Gasteiger partial charge in [-0.1, -0.05) is 24.3 Å². The summed E-state index contributed by atoms with van der Waals surface area (Å²) in [5, 5.41) is 5.40. The molecule has 0 aromatic heterocycles. The molecule has 1 fully saturated rings. The van der Waals surface area contributed by atoms with Crippen molar-refractivity contribution in [1.29, 1.82) is 0 Å². The van der Waals surface area contributed by atoms with Crippen LogP contribution in [0.2, 0.25) is 0 Å². The topological polar surface area (TPSA) is 61.4 Å². The maximum atomic E-state index is 13.3. The van der Waals surface area contributed by atoms with E-state index in [9.17, 15) is 14.0 Å². The van der Waals surface area contributed by atoms with E-state index in [1.165, 1.54) is 23.9 Å². The van der Waals surface area contributed by atoms with E-state index in [-0.39, 0.29) is 23.1 Å². The molecular weight excluding hydrogens is 401 g/mol. The average molecular weight is 421 g/mol. The normalized spacial score (nSPS) is 15.9. The van der Waals surface area contributed by atoms with Crippen molar-refractivity contribution in [2.24, 2.45) is 0 Å². The molecule has 3 amide bonds. The lowest BCUT2D eigenvalue weighted by Gasteiger charge is -2.24. The maximum absolute atomic E-state index is 13.3. The van der Waals surface area contributed by atoms with Crippen molar-refractivity contribution >= 4 is 40.8 Å². The molecule has 0 spiro atoms. The van der Waals surface area contributed by atoms with Crippen LogP contribution >= 0.6 is 11.8 Å². The standard InChI is InChI=1S/C23H20FN3O2S/c1-15-4-2-6-18(12-15)25-23(29)26-19-7-3-5-16(13-19)22-27(21(28)14-30-22)20-10-8-17(24)9-11-20/h2-13,22H,14H2,1H3,(H2,25,26,29). The number of urea groups is 1. The fourth-order valence-electron chi connectivity index (χ4n) is 3.34. The lowest BCUT2D eigenvalue weighted by atomic mass is 10.1. The summed E-state index contributed by atoms with van der Waals surface area (Å²) in [6.07, 6.45) is 0. The number of nitrogens with zero attached hydrogens (tertiary/aromatic N) is 1. The third kappa shape index (κ3) is 4.46. The number of carbonyl (C=O) groups excluding carboxylic acids is 2. The second-order valence-electron chi connectivity index (χ2n) is 6.98. The van der Waals surface area contributed by atoms with Gasteiger partial charge in [-0.25, -0.2) is 9.18 Å². The highest BCUT2D eigenvalue weighted by atomic mass is 32.2. The van der Waals surface area contributed by atoms with Gasteiger partial charge in [-0.15, -0.1) is 11.8 Å². The highest BCUT2D eigenvalue weighted by Crippen LogP contribution is 2.42. The van der Waals surface area contributed by atoms with Crippen LogP contribution in [0.15, 0.2) is 72.8 Å². The second kappa shape index (κ2) is 8.59. The predicted octanol–water partition coefficient (Wildman–Crippen LogP) is 5.56. The van der Waals surface area contributed by atoms with E-state index in [1.54, 1.807) is 23.1 Å². The third-order valence-corrected chi connectivity index (χ3v) is 5.89. The molecule has 0 bridgehead atoms. The molecule has 2 N–H and O–H groups in total. The number of aryl methyl sites for hydroxylation is 1. The molecule has 0 radical (unpaired) electrons. The van der Waals surface area contributed by atoms with Crippen LogP contribution in [0.1, 0.15) is 16.5 Å². The van der Waals surface area contributed by atoms with Gasteiger partial charge in [0.1, 0.15) is 11.2 Å². The zero-order valence-corrected chi connectivity index (χ0v) is 17.1. The summed E-state index contributed by atoms with van der Waals surface area (Å²) in [6.45, 7) is 1.96. The molecule has 5 nitrogen and oxygen atoms in total. The average Bonchev–Trinajstić information content (AvgIpc) is 3.10. The molecule has 1 atom stereocenters. The van der Waals surface area contributed by atoms with Crippen LogP contribution in [-0.2, 0) is 4.79 Å². The first-order chi connectivity index (χ1) is 14.5. The Morgan fingerprint density at radius 1 is 1.00 bits per heavy atom. The molecule has 1 aliphatic rings. The zero-order valence-electron chi connectivity index (χ0n) is 16.3. The van der Waals surface area contributed by atoms with Gasteiger partial charge in [0.2, 0.25) is 5.91 Å². The van der Waals surface area contributed by atoms with Crippen molar-refractivity contribution in [1.82, 2.24) is 0 Å². The number of hydrogen-bond donors (Lipinski definition) is 2. The molecule has 152 valence electrons. The molecule has 7 heteroatoms. The molecule has 1 heterocycles. The molecule has 1 saturated heterocycles. The van der Waals surface area contributed by atoms with Crippen molar-refractivity contribution in [2.45, 2.75) is 12.3 Å². The van der Waals surface area contributed by atoms with E-state index in [1.807, 2.05) is 49.4 Å². The van der Waals surface area contributed by atoms with Crippen molar-refractivity contribution in [2.75, 3.05) is 21.3 Å². The van der Waals surface area contributed by atoms with E-state index < -0.39 is 0 Å². The summed E-state index contributed by atoms with van der Waals surface area (Å²) in [5.41, 5.74) is 3.91. The van der Waals surface area contributed by atoms with E-state index in [0.29, 0.717) is 22.8 Å². The largest absolute Gasteiger partial charge is 0.323 e. The highest BCUT2D eigenvalue weighted by molar-refractivity contribution is 8.00. The highest BCUT2D eigenvalue weighted by Gasteiger charge is 2.34. The number of thioether (sulfide) groups is 1. The van der Waals surface area contributed by atoms with Gasteiger partial charge < -0.3 is 10.6 Å². The summed E-state index contributed by atoms with van der Waals surface area (Å²) < 4.78 is 13.3. The number of nitrogens with one attached hydrogen (secondary N) is 2. The summed E-state index contributed by atoms with van der Waals surface area (Å²) in [7, 11) is 0. The van der Waals surface area contributed by atoms with E-state index in [2.05, 4.69) is 10.6 Å². The number of halogens is 1. The van der Waals surface area contributed by atoms with Gasteiger partial charge in [0, 0.05) is 17.1 Å². The number of rotatable bonds is 4. The Morgan fingerprint density at radius 3 is 2.37 bits per heavy atom. The van der Waals surface area contributed by atoms with E-state index in [4.69, 9.17) is 0 Å². The Balaban J connectivity index is 1.51. The number of hydrogen-bond acceptors (Lipinski definition) is 3. The number of amides is 3. The minimum absolute atomic E-state index is 0.0350. The maximum Gasteiger partial charge on any atom is 0.323 e. The molecule has 4 rings (SSSR count). The Bertz CT molecular complexity index is 1090. The SMILES string of the molecule is Cc1cccc(NC(=O)Nc2cccc(C3SCC(=O)N3c3ccc(F)cc3)c2)c1. The molecule has 1 unspecified atom stereocenters. The number of carbonyl (C=O) groups is 2. The Kier molecular flexibility index (Phi) is 5.72. The Labute approximate surface area is 178 Å². The van der Waals surface area contributed by atoms with E-state index >= 15 is 0 Å². The van der Waals surface area contributed by atoms with Gasteiger partial charge in [0.15, 0.2) is 0 Å². The first-order valence-electron chi connectivity index (χ1n) is 9.43. The quantitative estimate of drug-likeness (QED) is 0.580. The monoisotopic (exact) mass is 421 g/mol.